The molecule has 0 bridgehead atoms. The molecule has 0 aliphatic carbocycles. The molecular weight excluding hydrogens is 218 g/mol. The number of anilines is 2. The van der Waals surface area contributed by atoms with E-state index in [9.17, 15) is 8.42 Å². The fraction of sp³-hybridized carbons (Fsp3) is 0.429. The Hall–Kier alpha value is -1.41. The van der Waals surface area contributed by atoms with Gasteiger partial charge in [-0.05, 0) is 0 Å². The van der Waals surface area contributed by atoms with Gasteiger partial charge in [-0.1, -0.05) is 0 Å². The highest BCUT2D eigenvalue weighted by Gasteiger charge is 2.13. The molecule has 5 N–H and O–H groups in total. The van der Waals surface area contributed by atoms with E-state index >= 15 is 0 Å². The molecule has 0 aromatic carbocycles. The predicted molar refractivity (Wildman–Crippen MR) is 57.1 cm³/mol. The molecule has 0 unspecified atom stereocenters. The lowest BCUT2D eigenvalue weighted by molar-refractivity contribution is 0.601. The minimum Gasteiger partial charge on any atom is -0.382 e. The van der Waals surface area contributed by atoms with E-state index in [2.05, 4.69) is 15.3 Å². The Kier molecular flexibility index (Phi) is 3.43. The van der Waals surface area contributed by atoms with E-state index < -0.39 is 9.84 Å². The van der Waals surface area contributed by atoms with Gasteiger partial charge >= 0.3 is 0 Å². The van der Waals surface area contributed by atoms with Gasteiger partial charge < -0.3 is 16.8 Å². The average molecular weight is 231 g/mol. The first kappa shape index (κ1) is 11.7. The first-order chi connectivity index (χ1) is 6.95. The highest BCUT2D eigenvalue weighted by molar-refractivity contribution is 7.90. The van der Waals surface area contributed by atoms with Crippen LogP contribution in [0.2, 0.25) is 0 Å². The number of hydrogen-bond donors (Lipinski definition) is 3. The summed E-state index contributed by atoms with van der Waals surface area (Å²) in [5.41, 5.74) is 10.7. The van der Waals surface area contributed by atoms with E-state index in [0.717, 1.165) is 6.26 Å². The third-order valence-electron chi connectivity index (χ3n) is 1.61. The Morgan fingerprint density at radius 1 is 1.53 bits per heavy atom. The summed E-state index contributed by atoms with van der Waals surface area (Å²) in [5, 5.41) is 2.79. The number of hydrogen-bond acceptors (Lipinski definition) is 7. The van der Waals surface area contributed by atoms with Gasteiger partial charge in [0.2, 0.25) is 5.95 Å². The van der Waals surface area contributed by atoms with Crippen molar-refractivity contribution in [2.45, 2.75) is 4.90 Å². The lowest BCUT2D eigenvalue weighted by Crippen LogP contribution is -2.16. The van der Waals surface area contributed by atoms with Crippen LogP contribution >= 0.6 is 0 Å². The molecule has 0 fully saturated rings. The second-order valence-corrected chi connectivity index (χ2v) is 4.91. The molecule has 0 radical (unpaired) electrons. The molecule has 7 nitrogen and oxygen atoms in total. The van der Waals surface area contributed by atoms with Crippen LogP contribution in [0.1, 0.15) is 0 Å². The lowest BCUT2D eigenvalue weighted by Gasteiger charge is -2.05. The number of nitrogens with two attached hydrogens (primary N) is 2. The summed E-state index contributed by atoms with van der Waals surface area (Å²) in [5.74, 6) is 0.206. The van der Waals surface area contributed by atoms with Gasteiger partial charge in [-0.15, -0.1) is 0 Å². The number of rotatable bonds is 4. The van der Waals surface area contributed by atoms with Crippen LogP contribution in [-0.2, 0) is 9.84 Å². The van der Waals surface area contributed by atoms with Crippen LogP contribution < -0.4 is 16.8 Å². The lowest BCUT2D eigenvalue weighted by atomic mass is 10.6. The minimum atomic E-state index is -3.37. The topological polar surface area (TPSA) is 124 Å². The van der Waals surface area contributed by atoms with Crippen LogP contribution in [0.5, 0.6) is 0 Å². The van der Waals surface area contributed by atoms with Gasteiger partial charge in [-0.3, -0.25) is 0 Å². The molecule has 84 valence electrons. The number of sulfone groups is 1. The smallest absolute Gasteiger partial charge is 0.224 e. The normalized spacial score (nSPS) is 11.3. The van der Waals surface area contributed by atoms with Gasteiger partial charge in [0.25, 0.3) is 0 Å². The van der Waals surface area contributed by atoms with E-state index in [1.165, 1.54) is 6.20 Å². The van der Waals surface area contributed by atoms with Gasteiger partial charge in [0.05, 0.1) is 6.20 Å². The van der Waals surface area contributed by atoms with Crippen LogP contribution in [0.25, 0.3) is 0 Å². The first-order valence-electron chi connectivity index (χ1n) is 4.21. The zero-order valence-corrected chi connectivity index (χ0v) is 9.08. The summed E-state index contributed by atoms with van der Waals surface area (Å²) >= 11 is 0. The van der Waals surface area contributed by atoms with Gasteiger partial charge in [0.1, 0.15) is 10.7 Å². The number of nitrogens with one attached hydrogen (secondary N) is 1. The largest absolute Gasteiger partial charge is 0.382 e. The number of aromatic nitrogens is 2. The highest BCUT2D eigenvalue weighted by Crippen LogP contribution is 2.15. The summed E-state index contributed by atoms with van der Waals surface area (Å²) in [4.78, 5) is 7.54. The van der Waals surface area contributed by atoms with Crippen molar-refractivity contribution in [3.8, 4) is 0 Å². The third kappa shape index (κ3) is 3.03. The second kappa shape index (κ2) is 4.41. The quantitative estimate of drug-likeness (QED) is 0.596. The zero-order valence-electron chi connectivity index (χ0n) is 8.27. The average Bonchev–Trinajstić information content (AvgIpc) is 2.12. The van der Waals surface area contributed by atoms with Crippen molar-refractivity contribution in [1.82, 2.24) is 9.97 Å². The van der Waals surface area contributed by atoms with Gasteiger partial charge in [0, 0.05) is 19.3 Å². The number of nitrogen functional groups attached to an aromatic ring is 1. The van der Waals surface area contributed by atoms with Crippen molar-refractivity contribution in [2.75, 3.05) is 30.4 Å². The first-order valence-corrected chi connectivity index (χ1v) is 6.11. The Morgan fingerprint density at radius 2 is 2.20 bits per heavy atom. The fourth-order valence-electron chi connectivity index (χ4n) is 0.939. The van der Waals surface area contributed by atoms with Crippen molar-refractivity contribution in [2.24, 2.45) is 5.73 Å². The van der Waals surface area contributed by atoms with Gasteiger partial charge in [0.15, 0.2) is 9.84 Å². The van der Waals surface area contributed by atoms with E-state index in [-0.39, 0.29) is 16.7 Å². The third-order valence-corrected chi connectivity index (χ3v) is 2.72. The molecule has 0 amide bonds. The van der Waals surface area contributed by atoms with Crippen molar-refractivity contribution < 1.29 is 8.42 Å². The minimum absolute atomic E-state index is 0.0629. The van der Waals surface area contributed by atoms with Crippen molar-refractivity contribution in [3.63, 3.8) is 0 Å². The Balaban J connectivity index is 2.99. The fourth-order valence-corrected chi connectivity index (χ4v) is 1.61. The molecule has 1 heterocycles. The highest BCUT2D eigenvalue weighted by atomic mass is 32.2. The molecule has 0 spiro atoms. The molecule has 1 aromatic heterocycles. The van der Waals surface area contributed by atoms with Crippen molar-refractivity contribution in [3.05, 3.63) is 6.20 Å². The predicted octanol–water partition coefficient (Wildman–Crippen LogP) is -1.17. The zero-order chi connectivity index (χ0) is 11.5. The Morgan fingerprint density at radius 3 is 2.67 bits per heavy atom. The Bertz CT molecular complexity index is 445. The monoisotopic (exact) mass is 231 g/mol. The Labute approximate surface area is 87.8 Å². The van der Waals surface area contributed by atoms with E-state index in [4.69, 9.17) is 11.5 Å². The summed E-state index contributed by atoms with van der Waals surface area (Å²) in [7, 11) is -3.37. The van der Waals surface area contributed by atoms with Crippen LogP contribution in [0.3, 0.4) is 0 Å². The SMILES string of the molecule is CS(=O)(=O)c1cnc(NCCN)nc1N. The van der Waals surface area contributed by atoms with E-state index in [1.807, 2.05) is 0 Å². The van der Waals surface area contributed by atoms with Crippen LogP contribution in [-0.4, -0.2) is 37.7 Å². The maximum atomic E-state index is 11.2. The van der Waals surface area contributed by atoms with Gasteiger partial charge in [-0.2, -0.15) is 4.98 Å². The molecule has 0 saturated heterocycles. The van der Waals surface area contributed by atoms with Crippen molar-refractivity contribution >= 4 is 21.6 Å². The second-order valence-electron chi connectivity index (χ2n) is 2.93. The molecule has 0 saturated carbocycles. The molecule has 8 heteroatoms. The van der Waals surface area contributed by atoms with Crippen LogP contribution in [0.15, 0.2) is 11.1 Å². The molecular formula is C7H13N5O2S. The maximum Gasteiger partial charge on any atom is 0.224 e. The molecule has 0 atom stereocenters. The number of nitrogens with zero attached hydrogens (tertiary/aromatic N) is 2. The summed E-state index contributed by atoms with van der Waals surface area (Å²) in [6, 6.07) is 0. The van der Waals surface area contributed by atoms with E-state index in [0.29, 0.717) is 13.1 Å². The summed E-state index contributed by atoms with van der Waals surface area (Å²) in [6.07, 6.45) is 2.23. The maximum absolute atomic E-state index is 11.2. The summed E-state index contributed by atoms with van der Waals surface area (Å²) < 4.78 is 22.4. The van der Waals surface area contributed by atoms with Crippen molar-refractivity contribution in [1.29, 1.82) is 0 Å². The van der Waals surface area contributed by atoms with Crippen LogP contribution in [0, 0.1) is 0 Å². The molecule has 1 aromatic rings. The summed E-state index contributed by atoms with van der Waals surface area (Å²) in [6.45, 7) is 0.925. The molecule has 0 aliphatic rings. The standard InChI is InChI=1S/C7H13N5O2S/c1-15(13,14)5-4-11-7(10-3-2-8)12-6(5)9/h4H,2-3,8H2,1H3,(H3,9,10,11,12). The molecule has 0 aliphatic heterocycles. The van der Waals surface area contributed by atoms with E-state index in [1.54, 1.807) is 0 Å². The molecule has 15 heavy (non-hydrogen) atoms. The van der Waals surface area contributed by atoms with Crippen LogP contribution in [0.4, 0.5) is 11.8 Å². The van der Waals surface area contributed by atoms with Gasteiger partial charge in [-0.25, -0.2) is 13.4 Å². The molecule has 1 rings (SSSR count).